The second-order valence-corrected chi connectivity index (χ2v) is 5.33. The Morgan fingerprint density at radius 2 is 1.69 bits per heavy atom. The van der Waals surface area contributed by atoms with Crippen molar-refractivity contribution in [1.29, 1.82) is 0 Å². The molecule has 0 saturated carbocycles. The molecule has 1 atom stereocenters. The molecule has 0 bridgehead atoms. The summed E-state index contributed by atoms with van der Waals surface area (Å²) >= 11 is 0. The van der Waals surface area contributed by atoms with Crippen LogP contribution >= 0.6 is 0 Å². The summed E-state index contributed by atoms with van der Waals surface area (Å²) in [4.78, 5) is 5.26. The van der Waals surface area contributed by atoms with Crippen LogP contribution in [0.4, 0.5) is 0 Å². The largest absolute Gasteiger partial charge is 0.316 e. The van der Waals surface area contributed by atoms with Gasteiger partial charge in [-0.2, -0.15) is 0 Å². The number of hydrogen-bond acceptors (Lipinski definition) is 3. The Kier molecular flexibility index (Phi) is 5.07. The topological polar surface area (TPSA) is 18.5 Å². The van der Waals surface area contributed by atoms with Crippen molar-refractivity contribution >= 4 is 0 Å². The molecule has 16 heavy (non-hydrogen) atoms. The first-order valence-electron chi connectivity index (χ1n) is 7.00. The molecule has 0 aliphatic carbocycles. The molecule has 94 valence electrons. The lowest BCUT2D eigenvalue weighted by Gasteiger charge is -2.32. The van der Waals surface area contributed by atoms with E-state index < -0.39 is 0 Å². The Morgan fingerprint density at radius 1 is 1.00 bits per heavy atom. The standard InChI is InChI=1S/C13H27N3/c1-14-13-6-4-9-16(12-13)11-5-10-15-7-2-3-8-15/h13-14H,2-12H2,1H3. The first-order valence-corrected chi connectivity index (χ1v) is 7.00. The maximum atomic E-state index is 3.41. The average molecular weight is 225 g/mol. The van der Waals surface area contributed by atoms with Crippen LogP contribution in [0.2, 0.25) is 0 Å². The van der Waals surface area contributed by atoms with E-state index in [9.17, 15) is 0 Å². The van der Waals surface area contributed by atoms with E-state index in [1.54, 1.807) is 0 Å². The normalized spacial score (nSPS) is 28.7. The number of likely N-dealkylation sites (N-methyl/N-ethyl adjacent to an activating group) is 1. The van der Waals surface area contributed by atoms with Crippen molar-refractivity contribution < 1.29 is 0 Å². The highest BCUT2D eigenvalue weighted by Crippen LogP contribution is 2.11. The Bertz CT molecular complexity index is 190. The molecule has 1 unspecified atom stereocenters. The monoisotopic (exact) mass is 225 g/mol. The number of likely N-dealkylation sites (tertiary alicyclic amines) is 2. The predicted octanol–water partition coefficient (Wildman–Crippen LogP) is 1.16. The van der Waals surface area contributed by atoms with Gasteiger partial charge >= 0.3 is 0 Å². The maximum absolute atomic E-state index is 3.41. The fraction of sp³-hybridized carbons (Fsp3) is 1.00. The van der Waals surface area contributed by atoms with Crippen LogP contribution < -0.4 is 5.32 Å². The van der Waals surface area contributed by atoms with Crippen molar-refractivity contribution in [3.8, 4) is 0 Å². The summed E-state index contributed by atoms with van der Waals surface area (Å²) in [6, 6.07) is 0.737. The van der Waals surface area contributed by atoms with E-state index in [1.807, 2.05) is 0 Å². The zero-order valence-corrected chi connectivity index (χ0v) is 10.7. The lowest BCUT2D eigenvalue weighted by Crippen LogP contribution is -2.45. The van der Waals surface area contributed by atoms with E-state index in [2.05, 4.69) is 22.2 Å². The molecule has 0 aromatic carbocycles. The zero-order chi connectivity index (χ0) is 11.2. The molecule has 0 amide bonds. The summed E-state index contributed by atoms with van der Waals surface area (Å²) in [6.07, 6.45) is 6.93. The van der Waals surface area contributed by atoms with Crippen molar-refractivity contribution in [3.63, 3.8) is 0 Å². The molecule has 3 heteroatoms. The van der Waals surface area contributed by atoms with Crippen LogP contribution in [-0.2, 0) is 0 Å². The van der Waals surface area contributed by atoms with Crippen LogP contribution in [0.5, 0.6) is 0 Å². The van der Waals surface area contributed by atoms with Gasteiger partial charge in [-0.25, -0.2) is 0 Å². The molecule has 2 heterocycles. The first kappa shape index (κ1) is 12.3. The molecule has 0 radical (unpaired) electrons. The van der Waals surface area contributed by atoms with Crippen LogP contribution in [-0.4, -0.2) is 62.2 Å². The van der Waals surface area contributed by atoms with Gasteiger partial charge in [-0.15, -0.1) is 0 Å². The molecule has 2 rings (SSSR count). The number of piperidine rings is 1. The van der Waals surface area contributed by atoms with Crippen molar-refractivity contribution in [2.24, 2.45) is 0 Å². The van der Waals surface area contributed by atoms with Crippen LogP contribution in [0, 0.1) is 0 Å². The second kappa shape index (κ2) is 6.58. The molecule has 2 fully saturated rings. The van der Waals surface area contributed by atoms with Gasteiger partial charge in [-0.05, 0) is 71.9 Å². The molecule has 2 aliphatic rings. The van der Waals surface area contributed by atoms with Crippen molar-refractivity contribution in [3.05, 3.63) is 0 Å². The summed E-state index contributed by atoms with van der Waals surface area (Å²) in [5.74, 6) is 0. The van der Waals surface area contributed by atoms with Crippen LogP contribution in [0.25, 0.3) is 0 Å². The van der Waals surface area contributed by atoms with E-state index in [0.29, 0.717) is 0 Å². The minimum absolute atomic E-state index is 0.737. The third kappa shape index (κ3) is 3.72. The van der Waals surface area contributed by atoms with Gasteiger partial charge in [0.15, 0.2) is 0 Å². The molecule has 0 aromatic rings. The highest BCUT2D eigenvalue weighted by Gasteiger charge is 2.18. The van der Waals surface area contributed by atoms with Gasteiger partial charge in [0.2, 0.25) is 0 Å². The van der Waals surface area contributed by atoms with E-state index in [4.69, 9.17) is 0 Å². The highest BCUT2D eigenvalue weighted by atomic mass is 15.2. The molecular formula is C13H27N3. The molecule has 0 spiro atoms. The quantitative estimate of drug-likeness (QED) is 0.757. The predicted molar refractivity (Wildman–Crippen MR) is 68.8 cm³/mol. The van der Waals surface area contributed by atoms with E-state index in [0.717, 1.165) is 6.04 Å². The SMILES string of the molecule is CNC1CCCN(CCCN2CCCC2)C1. The second-order valence-electron chi connectivity index (χ2n) is 5.33. The Balaban J connectivity index is 1.58. The minimum Gasteiger partial charge on any atom is -0.316 e. The van der Waals surface area contributed by atoms with Gasteiger partial charge in [0.1, 0.15) is 0 Å². The van der Waals surface area contributed by atoms with E-state index in [1.165, 1.54) is 71.4 Å². The van der Waals surface area contributed by atoms with Gasteiger partial charge in [-0.3, -0.25) is 0 Å². The third-order valence-corrected chi connectivity index (χ3v) is 4.06. The molecule has 3 nitrogen and oxygen atoms in total. The smallest absolute Gasteiger partial charge is 0.0192 e. The zero-order valence-electron chi connectivity index (χ0n) is 10.7. The lowest BCUT2D eigenvalue weighted by molar-refractivity contribution is 0.184. The number of rotatable bonds is 5. The number of nitrogens with zero attached hydrogens (tertiary/aromatic N) is 2. The number of nitrogens with one attached hydrogen (secondary N) is 1. The molecule has 2 saturated heterocycles. The third-order valence-electron chi connectivity index (χ3n) is 4.06. The lowest BCUT2D eigenvalue weighted by atomic mass is 10.1. The minimum atomic E-state index is 0.737. The van der Waals surface area contributed by atoms with Gasteiger partial charge < -0.3 is 15.1 Å². The summed E-state index contributed by atoms with van der Waals surface area (Å²) in [5.41, 5.74) is 0. The van der Waals surface area contributed by atoms with Crippen LogP contribution in [0.3, 0.4) is 0 Å². The van der Waals surface area contributed by atoms with Crippen molar-refractivity contribution in [2.75, 3.05) is 46.3 Å². The van der Waals surface area contributed by atoms with Gasteiger partial charge in [0.05, 0.1) is 0 Å². The first-order chi connectivity index (χ1) is 7.88. The molecule has 2 aliphatic heterocycles. The average Bonchev–Trinajstić information content (AvgIpc) is 2.82. The number of hydrogen-bond donors (Lipinski definition) is 1. The maximum Gasteiger partial charge on any atom is 0.0192 e. The Hall–Kier alpha value is -0.120. The Morgan fingerprint density at radius 3 is 2.44 bits per heavy atom. The Labute approximate surface area is 100 Å². The van der Waals surface area contributed by atoms with Crippen LogP contribution in [0.15, 0.2) is 0 Å². The van der Waals surface area contributed by atoms with Crippen molar-refractivity contribution in [2.45, 2.75) is 38.1 Å². The summed E-state index contributed by atoms with van der Waals surface area (Å²) < 4.78 is 0. The molecule has 0 aromatic heterocycles. The summed E-state index contributed by atoms with van der Waals surface area (Å²) in [5, 5.41) is 3.41. The fourth-order valence-corrected chi connectivity index (χ4v) is 3.02. The highest BCUT2D eigenvalue weighted by molar-refractivity contribution is 4.77. The summed E-state index contributed by atoms with van der Waals surface area (Å²) in [7, 11) is 2.10. The van der Waals surface area contributed by atoms with Gasteiger partial charge in [0, 0.05) is 12.6 Å². The van der Waals surface area contributed by atoms with Crippen LogP contribution in [0.1, 0.15) is 32.1 Å². The van der Waals surface area contributed by atoms with Gasteiger partial charge in [-0.1, -0.05) is 0 Å². The van der Waals surface area contributed by atoms with E-state index >= 15 is 0 Å². The fourth-order valence-electron chi connectivity index (χ4n) is 3.02. The van der Waals surface area contributed by atoms with Gasteiger partial charge in [0.25, 0.3) is 0 Å². The molecule has 1 N–H and O–H groups in total. The summed E-state index contributed by atoms with van der Waals surface area (Å²) in [6.45, 7) is 7.89. The molecular weight excluding hydrogens is 198 g/mol. The van der Waals surface area contributed by atoms with Crippen molar-refractivity contribution in [1.82, 2.24) is 15.1 Å². The van der Waals surface area contributed by atoms with E-state index in [-0.39, 0.29) is 0 Å².